The first-order valence-corrected chi connectivity index (χ1v) is 9.92. The molecule has 2 aliphatic rings. The van der Waals surface area contributed by atoms with Crippen LogP contribution in [0.5, 0.6) is 0 Å². The predicted octanol–water partition coefficient (Wildman–Crippen LogP) is 3.14. The van der Waals surface area contributed by atoms with E-state index in [-0.39, 0.29) is 11.8 Å². The third-order valence-electron chi connectivity index (χ3n) is 4.74. The van der Waals surface area contributed by atoms with Crippen molar-refractivity contribution in [3.63, 3.8) is 0 Å². The Kier molecular flexibility index (Phi) is 5.11. The van der Waals surface area contributed by atoms with Gasteiger partial charge in [0.05, 0.1) is 0 Å². The number of amides is 2. The third kappa shape index (κ3) is 4.14. The maximum atomic E-state index is 12.6. The number of aryl methyl sites for hydroxylation is 1. The number of hydrogen-bond donors (Lipinski definition) is 1. The molecule has 0 saturated heterocycles. The lowest BCUT2D eigenvalue weighted by Gasteiger charge is -2.17. The van der Waals surface area contributed by atoms with E-state index in [2.05, 4.69) is 21.4 Å². The van der Waals surface area contributed by atoms with E-state index in [1.165, 1.54) is 5.57 Å². The Morgan fingerprint density at radius 3 is 3.04 bits per heavy atom. The van der Waals surface area contributed by atoms with Gasteiger partial charge in [0, 0.05) is 43.4 Å². The van der Waals surface area contributed by atoms with Gasteiger partial charge in [-0.2, -0.15) is 0 Å². The lowest BCUT2D eigenvalue weighted by atomic mass is 10.0. The number of pyridine rings is 1. The highest BCUT2D eigenvalue weighted by Crippen LogP contribution is 2.25. The molecular formula is C20H20N4O2S. The Morgan fingerprint density at radius 2 is 2.19 bits per heavy atom. The Hall–Kier alpha value is -2.80. The molecular weight excluding hydrogens is 360 g/mol. The van der Waals surface area contributed by atoms with Gasteiger partial charge in [-0.3, -0.25) is 9.59 Å². The summed E-state index contributed by atoms with van der Waals surface area (Å²) in [6, 6.07) is 1.98. The fraction of sp³-hybridized carbons (Fsp3) is 0.300. The molecule has 2 amide bonds. The van der Waals surface area contributed by atoms with E-state index in [1.807, 2.05) is 22.5 Å². The molecule has 2 aliphatic heterocycles. The quantitative estimate of drug-likeness (QED) is 0.830. The van der Waals surface area contributed by atoms with Gasteiger partial charge in [0.15, 0.2) is 0 Å². The molecule has 0 saturated carbocycles. The first-order chi connectivity index (χ1) is 13.2. The van der Waals surface area contributed by atoms with Gasteiger partial charge in [-0.05, 0) is 48.1 Å². The summed E-state index contributed by atoms with van der Waals surface area (Å²) < 4.78 is 0. The number of fused-ring (bicyclic) bond motifs is 1. The van der Waals surface area contributed by atoms with Crippen molar-refractivity contribution < 1.29 is 9.59 Å². The van der Waals surface area contributed by atoms with Crippen LogP contribution in [-0.2, 0) is 16.0 Å². The SMILES string of the molecule is O=C1CCc2cc(/C=C/C(=O)N3CC=C(c4nccs4)CCC3)cnc2N1. The predicted molar refractivity (Wildman–Crippen MR) is 106 cm³/mol. The highest BCUT2D eigenvalue weighted by Gasteiger charge is 2.17. The lowest BCUT2D eigenvalue weighted by Crippen LogP contribution is -2.29. The minimum Gasteiger partial charge on any atom is -0.335 e. The summed E-state index contributed by atoms with van der Waals surface area (Å²) in [5.74, 6) is 0.625. The number of allylic oxidation sites excluding steroid dienone is 1. The van der Waals surface area contributed by atoms with E-state index in [9.17, 15) is 9.59 Å². The molecule has 27 heavy (non-hydrogen) atoms. The summed E-state index contributed by atoms with van der Waals surface area (Å²) in [5, 5.41) is 5.79. The monoisotopic (exact) mass is 380 g/mol. The number of carbonyl (C=O) groups is 2. The molecule has 0 unspecified atom stereocenters. The Balaban J connectivity index is 1.42. The van der Waals surface area contributed by atoms with Crippen molar-refractivity contribution >= 4 is 40.6 Å². The molecule has 138 valence electrons. The van der Waals surface area contributed by atoms with Gasteiger partial charge in [0.1, 0.15) is 10.8 Å². The van der Waals surface area contributed by atoms with Crippen LogP contribution in [-0.4, -0.2) is 39.8 Å². The highest BCUT2D eigenvalue weighted by atomic mass is 32.1. The molecule has 0 fully saturated rings. The molecule has 0 radical (unpaired) electrons. The first kappa shape index (κ1) is 17.6. The summed E-state index contributed by atoms with van der Waals surface area (Å²) in [4.78, 5) is 34.5. The summed E-state index contributed by atoms with van der Waals surface area (Å²) >= 11 is 1.64. The maximum Gasteiger partial charge on any atom is 0.246 e. The van der Waals surface area contributed by atoms with Crippen LogP contribution >= 0.6 is 11.3 Å². The number of carbonyl (C=O) groups excluding carboxylic acids is 2. The molecule has 2 aromatic rings. The average molecular weight is 380 g/mol. The summed E-state index contributed by atoms with van der Waals surface area (Å²) in [5.41, 5.74) is 3.10. The van der Waals surface area contributed by atoms with Crippen LogP contribution in [0.2, 0.25) is 0 Å². The minimum atomic E-state index is -0.00216. The zero-order valence-corrected chi connectivity index (χ0v) is 15.7. The number of anilines is 1. The largest absolute Gasteiger partial charge is 0.335 e. The fourth-order valence-electron chi connectivity index (χ4n) is 3.29. The molecule has 1 N–H and O–H groups in total. The van der Waals surface area contributed by atoms with Gasteiger partial charge in [-0.25, -0.2) is 9.97 Å². The van der Waals surface area contributed by atoms with Crippen molar-refractivity contribution in [1.29, 1.82) is 0 Å². The zero-order valence-electron chi connectivity index (χ0n) is 14.9. The molecule has 0 aliphatic carbocycles. The molecule has 4 heterocycles. The lowest BCUT2D eigenvalue weighted by molar-refractivity contribution is -0.125. The highest BCUT2D eigenvalue weighted by molar-refractivity contribution is 7.10. The third-order valence-corrected chi connectivity index (χ3v) is 5.58. The second kappa shape index (κ2) is 7.84. The number of hydrogen-bond acceptors (Lipinski definition) is 5. The molecule has 0 aromatic carbocycles. The van der Waals surface area contributed by atoms with Crippen LogP contribution in [0.4, 0.5) is 5.82 Å². The average Bonchev–Trinajstić information content (AvgIpc) is 3.10. The van der Waals surface area contributed by atoms with Crippen LogP contribution in [0.25, 0.3) is 11.6 Å². The van der Waals surface area contributed by atoms with Crippen molar-refractivity contribution in [3.05, 3.63) is 52.1 Å². The topological polar surface area (TPSA) is 75.2 Å². The second-order valence-electron chi connectivity index (χ2n) is 6.61. The standard InChI is InChI=1S/C20H20N4O2S/c25-17-5-4-16-12-14(13-22-19(16)23-17)3-6-18(26)24-9-1-2-15(7-10-24)20-21-8-11-27-20/h3,6-8,11-13H,1-2,4-5,9-10H2,(H,22,23,25)/b6-3+. The van der Waals surface area contributed by atoms with Crippen LogP contribution in [0.15, 0.2) is 36.0 Å². The van der Waals surface area contributed by atoms with Crippen LogP contribution in [0, 0.1) is 0 Å². The van der Waals surface area contributed by atoms with Gasteiger partial charge < -0.3 is 10.2 Å². The smallest absolute Gasteiger partial charge is 0.246 e. The molecule has 0 spiro atoms. The number of nitrogens with zero attached hydrogens (tertiary/aromatic N) is 3. The van der Waals surface area contributed by atoms with Gasteiger partial charge >= 0.3 is 0 Å². The number of thiazole rings is 1. The van der Waals surface area contributed by atoms with Gasteiger partial charge in [-0.1, -0.05) is 6.08 Å². The van der Waals surface area contributed by atoms with E-state index >= 15 is 0 Å². The summed E-state index contributed by atoms with van der Waals surface area (Å²) in [6.07, 6.45) is 12.0. The first-order valence-electron chi connectivity index (χ1n) is 9.04. The van der Waals surface area contributed by atoms with Crippen molar-refractivity contribution in [1.82, 2.24) is 14.9 Å². The second-order valence-corrected chi connectivity index (χ2v) is 7.51. The normalized spacial score (nSPS) is 17.3. The number of aromatic nitrogens is 2. The zero-order chi connectivity index (χ0) is 18.6. The van der Waals surface area contributed by atoms with Crippen LogP contribution in [0.3, 0.4) is 0 Å². The van der Waals surface area contributed by atoms with E-state index in [4.69, 9.17) is 0 Å². The molecule has 2 aromatic heterocycles. The maximum absolute atomic E-state index is 12.6. The number of nitrogens with one attached hydrogen (secondary N) is 1. The van der Waals surface area contributed by atoms with Crippen molar-refractivity contribution in [2.24, 2.45) is 0 Å². The van der Waals surface area contributed by atoms with Gasteiger partial charge in [0.2, 0.25) is 11.8 Å². The van der Waals surface area contributed by atoms with Crippen LogP contribution in [0.1, 0.15) is 35.4 Å². The van der Waals surface area contributed by atoms with E-state index < -0.39 is 0 Å². The summed E-state index contributed by atoms with van der Waals surface area (Å²) in [7, 11) is 0. The van der Waals surface area contributed by atoms with E-state index in [0.29, 0.717) is 25.2 Å². The molecule has 6 nitrogen and oxygen atoms in total. The summed E-state index contributed by atoms with van der Waals surface area (Å²) in [6.45, 7) is 1.34. The Bertz CT molecular complexity index is 918. The van der Waals surface area contributed by atoms with Crippen molar-refractivity contribution in [2.45, 2.75) is 25.7 Å². The minimum absolute atomic E-state index is 0.000180. The van der Waals surface area contributed by atoms with E-state index in [0.717, 1.165) is 35.5 Å². The Labute approximate surface area is 161 Å². The van der Waals surface area contributed by atoms with Crippen molar-refractivity contribution in [3.8, 4) is 0 Å². The van der Waals surface area contributed by atoms with Crippen molar-refractivity contribution in [2.75, 3.05) is 18.4 Å². The van der Waals surface area contributed by atoms with Gasteiger partial charge in [0.25, 0.3) is 0 Å². The Morgan fingerprint density at radius 1 is 1.26 bits per heavy atom. The number of rotatable bonds is 3. The van der Waals surface area contributed by atoms with E-state index in [1.54, 1.807) is 29.7 Å². The van der Waals surface area contributed by atoms with Crippen LogP contribution < -0.4 is 5.32 Å². The molecule has 7 heteroatoms. The van der Waals surface area contributed by atoms with Gasteiger partial charge in [-0.15, -0.1) is 11.3 Å². The molecule has 0 bridgehead atoms. The molecule has 4 rings (SSSR count). The molecule has 0 atom stereocenters. The fourth-order valence-corrected chi connectivity index (χ4v) is 4.00.